The molecular weight excluding hydrogens is 188 g/mol. The summed E-state index contributed by atoms with van der Waals surface area (Å²) in [5.41, 5.74) is 2.53. The average molecular weight is 197 g/mol. The molecule has 0 unspecified atom stereocenters. The molecule has 0 N–H and O–H groups in total. The SMILES string of the molecule is Cc1csc2ccc(Cl)c(C)c12. The van der Waals surface area contributed by atoms with Crippen molar-refractivity contribution in [2.75, 3.05) is 0 Å². The van der Waals surface area contributed by atoms with Crippen molar-refractivity contribution in [1.29, 1.82) is 0 Å². The summed E-state index contributed by atoms with van der Waals surface area (Å²) in [4.78, 5) is 0. The number of hydrogen-bond acceptors (Lipinski definition) is 1. The molecule has 0 saturated carbocycles. The number of thiophene rings is 1. The van der Waals surface area contributed by atoms with Gasteiger partial charge in [-0.25, -0.2) is 0 Å². The van der Waals surface area contributed by atoms with Crippen LogP contribution in [-0.2, 0) is 0 Å². The molecular formula is C10H9ClS. The minimum absolute atomic E-state index is 0.865. The third-order valence-corrected chi connectivity index (χ3v) is 3.59. The smallest absolute Gasteiger partial charge is 0.0442 e. The Balaban J connectivity index is 2.96. The van der Waals surface area contributed by atoms with Gasteiger partial charge in [0.1, 0.15) is 0 Å². The van der Waals surface area contributed by atoms with Gasteiger partial charge in [0, 0.05) is 9.72 Å². The van der Waals surface area contributed by atoms with Crippen molar-refractivity contribution in [3.63, 3.8) is 0 Å². The molecule has 62 valence electrons. The Labute approximate surface area is 80.8 Å². The molecule has 1 heterocycles. The molecule has 1 aromatic heterocycles. The zero-order chi connectivity index (χ0) is 8.72. The van der Waals surface area contributed by atoms with Gasteiger partial charge in [0.05, 0.1) is 0 Å². The Bertz CT molecular complexity index is 429. The summed E-state index contributed by atoms with van der Waals surface area (Å²) >= 11 is 7.80. The Kier molecular flexibility index (Phi) is 1.85. The lowest BCUT2D eigenvalue weighted by atomic mass is 10.1. The van der Waals surface area contributed by atoms with Gasteiger partial charge in [-0.05, 0) is 47.9 Å². The minimum Gasteiger partial charge on any atom is -0.144 e. The van der Waals surface area contributed by atoms with Crippen LogP contribution in [0, 0.1) is 13.8 Å². The zero-order valence-corrected chi connectivity index (χ0v) is 8.59. The third kappa shape index (κ3) is 1.05. The van der Waals surface area contributed by atoms with E-state index >= 15 is 0 Å². The number of benzene rings is 1. The van der Waals surface area contributed by atoms with Crippen molar-refractivity contribution in [3.8, 4) is 0 Å². The summed E-state index contributed by atoms with van der Waals surface area (Å²) in [5.74, 6) is 0. The summed E-state index contributed by atoms with van der Waals surface area (Å²) in [6.45, 7) is 4.20. The summed E-state index contributed by atoms with van der Waals surface area (Å²) in [5, 5.41) is 4.37. The second-order valence-corrected chi connectivity index (χ2v) is 4.28. The number of aryl methyl sites for hydroxylation is 2. The molecule has 0 nitrogen and oxygen atoms in total. The van der Waals surface area contributed by atoms with Gasteiger partial charge in [-0.1, -0.05) is 11.6 Å². The lowest BCUT2D eigenvalue weighted by Gasteiger charge is -1.99. The summed E-state index contributed by atoms with van der Waals surface area (Å²) in [6.07, 6.45) is 0. The monoisotopic (exact) mass is 196 g/mol. The van der Waals surface area contributed by atoms with Gasteiger partial charge in [0.25, 0.3) is 0 Å². The van der Waals surface area contributed by atoms with E-state index in [-0.39, 0.29) is 0 Å². The van der Waals surface area contributed by atoms with Crippen LogP contribution in [0.3, 0.4) is 0 Å². The molecule has 0 aliphatic rings. The van der Waals surface area contributed by atoms with E-state index < -0.39 is 0 Å². The van der Waals surface area contributed by atoms with Gasteiger partial charge in [0.2, 0.25) is 0 Å². The molecule has 0 spiro atoms. The number of fused-ring (bicyclic) bond motifs is 1. The van der Waals surface area contributed by atoms with Crippen molar-refractivity contribution >= 4 is 33.0 Å². The Morgan fingerprint density at radius 3 is 2.75 bits per heavy atom. The molecule has 2 heteroatoms. The molecule has 0 atom stereocenters. The van der Waals surface area contributed by atoms with Gasteiger partial charge in [0.15, 0.2) is 0 Å². The van der Waals surface area contributed by atoms with Gasteiger partial charge >= 0.3 is 0 Å². The maximum atomic E-state index is 6.02. The first-order chi connectivity index (χ1) is 5.70. The van der Waals surface area contributed by atoms with E-state index in [1.54, 1.807) is 11.3 Å². The molecule has 2 aromatic rings. The first kappa shape index (κ1) is 8.09. The van der Waals surface area contributed by atoms with Crippen molar-refractivity contribution < 1.29 is 0 Å². The van der Waals surface area contributed by atoms with Crippen LogP contribution in [-0.4, -0.2) is 0 Å². The molecule has 1 aromatic carbocycles. The zero-order valence-electron chi connectivity index (χ0n) is 7.02. The molecule has 0 bridgehead atoms. The van der Waals surface area contributed by atoms with Gasteiger partial charge in [-0.3, -0.25) is 0 Å². The van der Waals surface area contributed by atoms with Crippen LogP contribution in [0.4, 0.5) is 0 Å². The largest absolute Gasteiger partial charge is 0.144 e. The lowest BCUT2D eigenvalue weighted by Crippen LogP contribution is -1.77. The number of hydrogen-bond donors (Lipinski definition) is 0. The third-order valence-electron chi connectivity index (χ3n) is 2.12. The van der Waals surface area contributed by atoms with Crippen LogP contribution < -0.4 is 0 Å². The molecule has 0 radical (unpaired) electrons. The molecule has 12 heavy (non-hydrogen) atoms. The van der Waals surface area contributed by atoms with Crippen LogP contribution in [0.1, 0.15) is 11.1 Å². The van der Waals surface area contributed by atoms with E-state index in [1.165, 1.54) is 21.2 Å². The summed E-state index contributed by atoms with van der Waals surface area (Å²) < 4.78 is 1.33. The fraction of sp³-hybridized carbons (Fsp3) is 0.200. The summed E-state index contributed by atoms with van der Waals surface area (Å²) in [7, 11) is 0. The highest BCUT2D eigenvalue weighted by Gasteiger charge is 2.05. The quantitative estimate of drug-likeness (QED) is 0.593. The lowest BCUT2D eigenvalue weighted by molar-refractivity contribution is 1.50. The Morgan fingerprint density at radius 1 is 1.25 bits per heavy atom. The number of halogens is 1. The predicted octanol–water partition coefficient (Wildman–Crippen LogP) is 4.17. The van der Waals surface area contributed by atoms with E-state index in [1.807, 2.05) is 6.07 Å². The average Bonchev–Trinajstić information content (AvgIpc) is 2.41. The van der Waals surface area contributed by atoms with Crippen molar-refractivity contribution in [1.82, 2.24) is 0 Å². The maximum absolute atomic E-state index is 6.02. The van der Waals surface area contributed by atoms with Crippen LogP contribution >= 0.6 is 22.9 Å². The molecule has 0 aliphatic heterocycles. The van der Waals surface area contributed by atoms with Crippen molar-refractivity contribution in [2.24, 2.45) is 0 Å². The first-order valence-electron chi connectivity index (χ1n) is 3.83. The highest BCUT2D eigenvalue weighted by molar-refractivity contribution is 7.17. The van der Waals surface area contributed by atoms with Gasteiger partial charge < -0.3 is 0 Å². The molecule has 2 rings (SSSR count). The second-order valence-electron chi connectivity index (χ2n) is 2.96. The highest BCUT2D eigenvalue weighted by atomic mass is 35.5. The van der Waals surface area contributed by atoms with E-state index in [0.29, 0.717) is 0 Å². The van der Waals surface area contributed by atoms with Gasteiger partial charge in [-0.15, -0.1) is 11.3 Å². The molecule has 0 saturated heterocycles. The number of rotatable bonds is 0. The Morgan fingerprint density at radius 2 is 2.00 bits per heavy atom. The first-order valence-corrected chi connectivity index (χ1v) is 5.09. The fourth-order valence-corrected chi connectivity index (χ4v) is 2.62. The fourth-order valence-electron chi connectivity index (χ4n) is 1.46. The van der Waals surface area contributed by atoms with Crippen LogP contribution in [0.25, 0.3) is 10.1 Å². The highest BCUT2D eigenvalue weighted by Crippen LogP contribution is 2.31. The topological polar surface area (TPSA) is 0 Å². The van der Waals surface area contributed by atoms with E-state index in [2.05, 4.69) is 25.3 Å². The standard InChI is InChI=1S/C10H9ClS/c1-6-5-12-9-4-3-8(11)7(2)10(6)9/h3-5H,1-2H3. The molecule has 0 amide bonds. The Hall–Kier alpha value is -0.530. The maximum Gasteiger partial charge on any atom is 0.0442 e. The van der Waals surface area contributed by atoms with Crippen molar-refractivity contribution in [2.45, 2.75) is 13.8 Å². The van der Waals surface area contributed by atoms with Crippen LogP contribution in [0.2, 0.25) is 5.02 Å². The van der Waals surface area contributed by atoms with E-state index in [0.717, 1.165) is 5.02 Å². The van der Waals surface area contributed by atoms with Gasteiger partial charge in [-0.2, -0.15) is 0 Å². The van der Waals surface area contributed by atoms with Crippen LogP contribution in [0.5, 0.6) is 0 Å². The van der Waals surface area contributed by atoms with E-state index in [4.69, 9.17) is 11.6 Å². The van der Waals surface area contributed by atoms with Crippen LogP contribution in [0.15, 0.2) is 17.5 Å². The normalized spacial score (nSPS) is 10.9. The summed E-state index contributed by atoms with van der Waals surface area (Å²) in [6, 6.07) is 4.05. The van der Waals surface area contributed by atoms with Crippen molar-refractivity contribution in [3.05, 3.63) is 33.7 Å². The predicted molar refractivity (Wildman–Crippen MR) is 56.3 cm³/mol. The molecule has 0 fully saturated rings. The minimum atomic E-state index is 0.865. The second kappa shape index (κ2) is 2.75. The molecule has 0 aliphatic carbocycles. The van der Waals surface area contributed by atoms with E-state index in [9.17, 15) is 0 Å².